The van der Waals surface area contributed by atoms with Gasteiger partial charge >= 0.3 is 0 Å². The first-order valence-corrected chi connectivity index (χ1v) is 2.86. The number of terminal acetylenes is 1. The van der Waals surface area contributed by atoms with Crippen molar-refractivity contribution in [3.63, 3.8) is 0 Å². The Labute approximate surface area is 62.8 Å². The lowest BCUT2D eigenvalue weighted by Crippen LogP contribution is -1.95. The summed E-state index contributed by atoms with van der Waals surface area (Å²) in [6.07, 6.45) is 4.91. The highest BCUT2D eigenvalue weighted by molar-refractivity contribution is 5.55. The third-order valence-corrected chi connectivity index (χ3v) is 1.23. The average molecular weight is 153 g/mol. The Bertz CT molecular complexity index is 302. The number of nitrogens with two attached hydrogens (primary N) is 1. The zero-order valence-corrected chi connectivity index (χ0v) is 5.57. The van der Waals surface area contributed by atoms with Gasteiger partial charge in [0.15, 0.2) is 0 Å². The molecule has 2 N–H and O–H groups in total. The fourth-order valence-corrected chi connectivity index (χ4v) is 0.746. The molecule has 56 valence electrons. The Hall–Kier alpha value is -1.56. The molecule has 0 aliphatic heterocycles. The van der Waals surface area contributed by atoms with Gasteiger partial charge < -0.3 is 5.73 Å². The standard InChI is InChI=1S/C8H5F2N/c1-2-6-7(10)3-5(9)4-8(6)11/h1,3-4H,11H2. The second-order valence-corrected chi connectivity index (χ2v) is 2.00. The summed E-state index contributed by atoms with van der Waals surface area (Å²) >= 11 is 0. The molecule has 0 unspecified atom stereocenters. The van der Waals surface area contributed by atoms with Gasteiger partial charge in [0.25, 0.3) is 0 Å². The van der Waals surface area contributed by atoms with Crippen LogP contribution in [0.5, 0.6) is 0 Å². The van der Waals surface area contributed by atoms with Crippen LogP contribution in [0.4, 0.5) is 14.5 Å². The van der Waals surface area contributed by atoms with Gasteiger partial charge in [0.05, 0.1) is 11.3 Å². The molecule has 11 heavy (non-hydrogen) atoms. The minimum absolute atomic E-state index is 0.0509. The first-order valence-electron chi connectivity index (χ1n) is 2.86. The smallest absolute Gasteiger partial charge is 0.143 e. The molecule has 0 aliphatic rings. The molecule has 0 aliphatic carbocycles. The summed E-state index contributed by atoms with van der Waals surface area (Å²) in [5, 5.41) is 0. The third-order valence-electron chi connectivity index (χ3n) is 1.23. The summed E-state index contributed by atoms with van der Waals surface area (Å²) in [4.78, 5) is 0. The summed E-state index contributed by atoms with van der Waals surface area (Å²) in [6.45, 7) is 0. The van der Waals surface area contributed by atoms with Crippen LogP contribution >= 0.6 is 0 Å². The third kappa shape index (κ3) is 1.30. The van der Waals surface area contributed by atoms with E-state index < -0.39 is 11.6 Å². The van der Waals surface area contributed by atoms with Crippen molar-refractivity contribution >= 4 is 5.69 Å². The molecule has 0 aromatic heterocycles. The van der Waals surface area contributed by atoms with E-state index in [1.165, 1.54) is 0 Å². The number of anilines is 1. The summed E-state index contributed by atoms with van der Waals surface area (Å²) in [7, 11) is 0. The fraction of sp³-hybridized carbons (Fsp3) is 0. The van der Waals surface area contributed by atoms with E-state index in [9.17, 15) is 8.78 Å². The predicted molar refractivity (Wildman–Crippen MR) is 38.7 cm³/mol. The maximum atomic E-state index is 12.6. The van der Waals surface area contributed by atoms with Crippen molar-refractivity contribution in [2.24, 2.45) is 0 Å². The van der Waals surface area contributed by atoms with Gasteiger partial charge in [0.2, 0.25) is 0 Å². The van der Waals surface area contributed by atoms with Crippen molar-refractivity contribution in [3.05, 3.63) is 29.3 Å². The van der Waals surface area contributed by atoms with Gasteiger partial charge in [-0.1, -0.05) is 5.92 Å². The monoisotopic (exact) mass is 153 g/mol. The van der Waals surface area contributed by atoms with Gasteiger partial charge in [-0.15, -0.1) is 6.42 Å². The average Bonchev–Trinajstić information content (AvgIpc) is 1.85. The van der Waals surface area contributed by atoms with Gasteiger partial charge in [-0.3, -0.25) is 0 Å². The zero-order chi connectivity index (χ0) is 8.43. The zero-order valence-electron chi connectivity index (χ0n) is 5.57. The predicted octanol–water partition coefficient (Wildman–Crippen LogP) is 1.53. The lowest BCUT2D eigenvalue weighted by molar-refractivity contribution is 0.582. The van der Waals surface area contributed by atoms with E-state index in [4.69, 9.17) is 12.2 Å². The lowest BCUT2D eigenvalue weighted by atomic mass is 10.2. The Morgan fingerprint density at radius 1 is 1.36 bits per heavy atom. The highest BCUT2D eigenvalue weighted by Gasteiger charge is 2.05. The van der Waals surface area contributed by atoms with Crippen LogP contribution in [0.15, 0.2) is 12.1 Å². The summed E-state index contributed by atoms with van der Waals surface area (Å²) < 4.78 is 25.0. The minimum Gasteiger partial charge on any atom is -0.398 e. The largest absolute Gasteiger partial charge is 0.398 e. The normalized spacial score (nSPS) is 9.18. The van der Waals surface area contributed by atoms with E-state index in [1.54, 1.807) is 0 Å². The van der Waals surface area contributed by atoms with Crippen LogP contribution in [0.25, 0.3) is 0 Å². The molecule has 1 nitrogen and oxygen atoms in total. The van der Waals surface area contributed by atoms with E-state index in [2.05, 4.69) is 0 Å². The first-order chi connectivity index (χ1) is 5.15. The maximum absolute atomic E-state index is 12.6. The molecular weight excluding hydrogens is 148 g/mol. The minimum atomic E-state index is -0.801. The Morgan fingerprint density at radius 2 is 2.00 bits per heavy atom. The van der Waals surface area contributed by atoms with Crippen LogP contribution in [-0.2, 0) is 0 Å². The number of hydrogen-bond acceptors (Lipinski definition) is 1. The number of benzene rings is 1. The van der Waals surface area contributed by atoms with Crippen LogP contribution in [0.2, 0.25) is 0 Å². The molecule has 1 aromatic rings. The molecule has 0 spiro atoms. The summed E-state index contributed by atoms with van der Waals surface area (Å²) in [6, 6.07) is 1.68. The maximum Gasteiger partial charge on any atom is 0.143 e. The molecule has 1 rings (SSSR count). The fourth-order valence-electron chi connectivity index (χ4n) is 0.746. The van der Waals surface area contributed by atoms with Crippen molar-refractivity contribution in [3.8, 4) is 12.3 Å². The summed E-state index contributed by atoms with van der Waals surface area (Å²) in [5.41, 5.74) is 5.07. The number of nitrogen functional groups attached to an aromatic ring is 1. The van der Waals surface area contributed by atoms with Gasteiger partial charge in [-0.05, 0) is 6.07 Å². The van der Waals surface area contributed by atoms with Gasteiger partial charge in [0.1, 0.15) is 11.6 Å². The van der Waals surface area contributed by atoms with Crippen molar-refractivity contribution in [1.29, 1.82) is 0 Å². The summed E-state index contributed by atoms with van der Waals surface area (Å²) in [5.74, 6) is 0.500. The first kappa shape index (κ1) is 7.55. The lowest BCUT2D eigenvalue weighted by Gasteiger charge is -1.98. The topological polar surface area (TPSA) is 26.0 Å². The van der Waals surface area contributed by atoms with E-state index in [0.29, 0.717) is 6.07 Å². The number of rotatable bonds is 0. The molecule has 0 fully saturated rings. The van der Waals surface area contributed by atoms with Crippen LogP contribution in [0.3, 0.4) is 0 Å². The van der Waals surface area contributed by atoms with Crippen LogP contribution in [0.1, 0.15) is 5.56 Å². The molecule has 0 bridgehead atoms. The van der Waals surface area contributed by atoms with Crippen molar-refractivity contribution in [2.75, 3.05) is 5.73 Å². The molecular formula is C8H5F2N. The molecule has 0 atom stereocenters. The van der Waals surface area contributed by atoms with E-state index >= 15 is 0 Å². The Morgan fingerprint density at radius 3 is 2.45 bits per heavy atom. The molecule has 0 amide bonds. The van der Waals surface area contributed by atoms with Crippen molar-refractivity contribution in [2.45, 2.75) is 0 Å². The molecule has 0 saturated heterocycles. The SMILES string of the molecule is C#Cc1c(N)cc(F)cc1F. The molecule has 0 heterocycles. The van der Waals surface area contributed by atoms with Gasteiger partial charge in [-0.25, -0.2) is 8.78 Å². The number of hydrogen-bond donors (Lipinski definition) is 1. The Kier molecular flexibility index (Phi) is 1.77. The van der Waals surface area contributed by atoms with Crippen LogP contribution in [-0.4, -0.2) is 0 Å². The second kappa shape index (κ2) is 2.59. The molecule has 3 heteroatoms. The highest BCUT2D eigenvalue weighted by atomic mass is 19.1. The van der Waals surface area contributed by atoms with Gasteiger partial charge in [0, 0.05) is 6.07 Å². The molecule has 1 aromatic carbocycles. The quantitative estimate of drug-likeness (QED) is 0.444. The van der Waals surface area contributed by atoms with Crippen molar-refractivity contribution in [1.82, 2.24) is 0 Å². The van der Waals surface area contributed by atoms with E-state index in [0.717, 1.165) is 6.07 Å². The van der Waals surface area contributed by atoms with E-state index in [-0.39, 0.29) is 11.3 Å². The van der Waals surface area contributed by atoms with Crippen LogP contribution < -0.4 is 5.73 Å². The highest BCUT2D eigenvalue weighted by Crippen LogP contribution is 2.16. The molecule has 0 saturated carbocycles. The Balaban J connectivity index is 3.40. The van der Waals surface area contributed by atoms with E-state index in [1.807, 2.05) is 5.92 Å². The van der Waals surface area contributed by atoms with Gasteiger partial charge in [-0.2, -0.15) is 0 Å². The van der Waals surface area contributed by atoms with Crippen molar-refractivity contribution < 1.29 is 8.78 Å². The number of halogens is 2. The molecule has 0 radical (unpaired) electrons. The second-order valence-electron chi connectivity index (χ2n) is 2.00. The van der Waals surface area contributed by atoms with Crippen LogP contribution in [0, 0.1) is 24.0 Å².